The number of aliphatic hydroxyl groups is 1. The van der Waals surface area contributed by atoms with Crippen molar-refractivity contribution >= 4 is 17.2 Å². The van der Waals surface area contributed by atoms with Gasteiger partial charge in [0.05, 0.1) is 12.6 Å². The van der Waals surface area contributed by atoms with E-state index in [1.54, 1.807) is 11.3 Å². The molecule has 0 radical (unpaired) electrons. The lowest BCUT2D eigenvalue weighted by molar-refractivity contribution is -0.134. The molecule has 0 spiro atoms. The first kappa shape index (κ1) is 17.9. The molecule has 2 saturated heterocycles. The highest BCUT2D eigenvalue weighted by molar-refractivity contribution is 7.10. The Kier molecular flexibility index (Phi) is 6.27. The van der Waals surface area contributed by atoms with Crippen LogP contribution in [0, 0.1) is 5.92 Å². The number of piperidine rings is 1. The highest BCUT2D eigenvalue weighted by Gasteiger charge is 2.29. The molecule has 1 amide bonds. The second-order valence-corrected chi connectivity index (χ2v) is 8.09. The van der Waals surface area contributed by atoms with Gasteiger partial charge in [0.15, 0.2) is 0 Å². The first-order chi connectivity index (χ1) is 11.6. The van der Waals surface area contributed by atoms with Gasteiger partial charge in [-0.3, -0.25) is 9.69 Å². The Labute approximate surface area is 148 Å². The predicted molar refractivity (Wildman–Crippen MR) is 97.1 cm³/mol. The summed E-state index contributed by atoms with van der Waals surface area (Å²) >= 11 is 1.62. The summed E-state index contributed by atoms with van der Waals surface area (Å²) in [6, 6.07) is 3.99. The Morgan fingerprint density at radius 3 is 2.75 bits per heavy atom. The molecule has 0 aromatic carbocycles. The van der Waals surface area contributed by atoms with E-state index >= 15 is 0 Å². The number of amides is 1. The molecule has 1 aromatic rings. The van der Waals surface area contributed by atoms with Crippen LogP contribution in [0.2, 0.25) is 0 Å². The van der Waals surface area contributed by atoms with E-state index in [2.05, 4.69) is 16.8 Å². The van der Waals surface area contributed by atoms with E-state index in [0.717, 1.165) is 63.4 Å². The fraction of sp³-hybridized carbons (Fsp3) is 0.722. The van der Waals surface area contributed by atoms with Gasteiger partial charge in [-0.2, -0.15) is 0 Å². The number of hydrogen-bond acceptors (Lipinski definition) is 5. The van der Waals surface area contributed by atoms with Crippen molar-refractivity contribution in [3.63, 3.8) is 0 Å². The monoisotopic (exact) mass is 351 g/mol. The fourth-order valence-corrected chi connectivity index (χ4v) is 4.51. The normalized spacial score (nSPS) is 23.2. The first-order valence-corrected chi connectivity index (χ1v) is 9.91. The smallest absolute Gasteiger partial charge is 0.236 e. The molecule has 5 nitrogen and oxygen atoms in total. The third-order valence-electron chi connectivity index (χ3n) is 5.34. The Morgan fingerprint density at radius 2 is 2.04 bits per heavy atom. The summed E-state index contributed by atoms with van der Waals surface area (Å²) in [4.78, 5) is 20.2. The summed E-state index contributed by atoms with van der Waals surface area (Å²) in [5.74, 6) is 0.531. The minimum atomic E-state index is -0.372. The maximum absolute atomic E-state index is 12.6. The van der Waals surface area contributed by atoms with E-state index in [0.29, 0.717) is 6.54 Å². The van der Waals surface area contributed by atoms with E-state index in [9.17, 15) is 9.90 Å². The minimum absolute atomic E-state index is 0.253. The van der Waals surface area contributed by atoms with Crippen molar-refractivity contribution in [3.8, 4) is 0 Å². The lowest BCUT2D eigenvalue weighted by Crippen LogP contribution is -2.45. The van der Waals surface area contributed by atoms with Gasteiger partial charge in [0.2, 0.25) is 5.91 Å². The molecule has 6 heteroatoms. The van der Waals surface area contributed by atoms with Gasteiger partial charge in [0.1, 0.15) is 0 Å². The first-order valence-electron chi connectivity index (χ1n) is 9.03. The molecule has 3 heterocycles. The summed E-state index contributed by atoms with van der Waals surface area (Å²) < 4.78 is 0. The Bertz CT molecular complexity index is 514. The van der Waals surface area contributed by atoms with Crippen LogP contribution in [0.4, 0.5) is 0 Å². The fourth-order valence-electron chi connectivity index (χ4n) is 3.71. The van der Waals surface area contributed by atoms with Crippen LogP contribution in [-0.2, 0) is 4.79 Å². The zero-order chi connectivity index (χ0) is 16.9. The van der Waals surface area contributed by atoms with Gasteiger partial charge in [-0.1, -0.05) is 6.07 Å². The van der Waals surface area contributed by atoms with Crippen LogP contribution in [0.25, 0.3) is 0 Å². The summed E-state index contributed by atoms with van der Waals surface area (Å²) in [5, 5.41) is 12.5. The molecule has 0 aliphatic carbocycles. The van der Waals surface area contributed by atoms with Crippen molar-refractivity contribution in [1.29, 1.82) is 0 Å². The highest BCUT2D eigenvalue weighted by atomic mass is 32.1. The molecule has 2 aliphatic heterocycles. The van der Waals surface area contributed by atoms with E-state index in [-0.39, 0.29) is 17.9 Å². The maximum Gasteiger partial charge on any atom is 0.236 e. The molecule has 0 bridgehead atoms. The van der Waals surface area contributed by atoms with Gasteiger partial charge in [0.25, 0.3) is 0 Å². The molecule has 3 rings (SSSR count). The number of nitrogens with zero attached hydrogens (tertiary/aromatic N) is 3. The van der Waals surface area contributed by atoms with Crippen molar-refractivity contribution < 1.29 is 9.90 Å². The number of hydrogen-bond donors (Lipinski definition) is 1. The van der Waals surface area contributed by atoms with Gasteiger partial charge < -0.3 is 14.9 Å². The minimum Gasteiger partial charge on any atom is -0.387 e. The number of rotatable bonds is 4. The number of likely N-dealkylation sites (tertiary alicyclic amines) is 1. The second-order valence-electron chi connectivity index (χ2n) is 7.11. The zero-order valence-corrected chi connectivity index (χ0v) is 15.4. The SMILES string of the molecule is CN1CCCN(CC(=O)N2CCC(C(O)c3cccs3)CC2)CC1. The summed E-state index contributed by atoms with van der Waals surface area (Å²) in [6.07, 6.45) is 2.56. The number of likely N-dealkylation sites (N-methyl/N-ethyl adjacent to an activating group) is 1. The average molecular weight is 352 g/mol. The average Bonchev–Trinajstić information content (AvgIpc) is 3.06. The molecule has 1 aromatic heterocycles. The molecule has 1 atom stereocenters. The van der Waals surface area contributed by atoms with Gasteiger partial charge >= 0.3 is 0 Å². The molecular weight excluding hydrogens is 322 g/mol. The van der Waals surface area contributed by atoms with Gasteiger partial charge in [0, 0.05) is 31.1 Å². The summed E-state index contributed by atoms with van der Waals surface area (Å²) in [5.41, 5.74) is 0. The van der Waals surface area contributed by atoms with Crippen molar-refractivity contribution in [1.82, 2.24) is 14.7 Å². The van der Waals surface area contributed by atoms with E-state index < -0.39 is 0 Å². The van der Waals surface area contributed by atoms with Crippen LogP contribution in [-0.4, -0.2) is 78.6 Å². The Morgan fingerprint density at radius 1 is 1.25 bits per heavy atom. The van der Waals surface area contributed by atoms with Crippen LogP contribution < -0.4 is 0 Å². The van der Waals surface area contributed by atoms with E-state index in [1.165, 1.54) is 0 Å². The Hall–Kier alpha value is -0.950. The van der Waals surface area contributed by atoms with Crippen LogP contribution in [0.3, 0.4) is 0 Å². The molecule has 2 fully saturated rings. The number of thiophene rings is 1. The Balaban J connectivity index is 1.45. The lowest BCUT2D eigenvalue weighted by Gasteiger charge is -2.35. The van der Waals surface area contributed by atoms with Crippen LogP contribution in [0.15, 0.2) is 17.5 Å². The van der Waals surface area contributed by atoms with E-state index in [4.69, 9.17) is 0 Å². The molecule has 0 saturated carbocycles. The second kappa shape index (κ2) is 8.43. The highest BCUT2D eigenvalue weighted by Crippen LogP contribution is 2.32. The molecular formula is C18H29N3O2S. The zero-order valence-electron chi connectivity index (χ0n) is 14.6. The van der Waals surface area contributed by atoms with Crippen molar-refractivity contribution in [3.05, 3.63) is 22.4 Å². The molecule has 1 N–H and O–H groups in total. The summed E-state index contributed by atoms with van der Waals surface area (Å²) in [6.45, 7) is 6.27. The lowest BCUT2D eigenvalue weighted by atomic mass is 9.90. The topological polar surface area (TPSA) is 47.0 Å². The van der Waals surface area contributed by atoms with Crippen molar-refractivity contribution in [2.75, 3.05) is 52.9 Å². The van der Waals surface area contributed by atoms with Crippen LogP contribution >= 0.6 is 11.3 Å². The van der Waals surface area contributed by atoms with Gasteiger partial charge in [-0.05, 0) is 56.8 Å². The summed E-state index contributed by atoms with van der Waals surface area (Å²) in [7, 11) is 2.15. The standard InChI is InChI=1S/C18H29N3O2S/c1-19-7-3-8-20(12-11-19)14-17(22)21-9-5-15(6-10-21)18(23)16-4-2-13-24-16/h2,4,13,15,18,23H,3,5-12,14H2,1H3. The third kappa shape index (κ3) is 4.57. The quantitative estimate of drug-likeness (QED) is 0.896. The molecule has 2 aliphatic rings. The molecule has 24 heavy (non-hydrogen) atoms. The van der Waals surface area contributed by atoms with Crippen molar-refractivity contribution in [2.24, 2.45) is 5.92 Å². The maximum atomic E-state index is 12.6. The van der Waals surface area contributed by atoms with Crippen LogP contribution in [0.1, 0.15) is 30.2 Å². The number of carbonyl (C=O) groups is 1. The van der Waals surface area contributed by atoms with Crippen molar-refractivity contribution in [2.45, 2.75) is 25.4 Å². The number of aliphatic hydroxyl groups excluding tert-OH is 1. The predicted octanol–water partition coefficient (Wildman–Crippen LogP) is 1.66. The third-order valence-corrected chi connectivity index (χ3v) is 6.29. The molecule has 134 valence electrons. The van der Waals surface area contributed by atoms with E-state index in [1.807, 2.05) is 22.4 Å². The largest absolute Gasteiger partial charge is 0.387 e. The molecule has 1 unspecified atom stereocenters. The van der Waals surface area contributed by atoms with Crippen LogP contribution in [0.5, 0.6) is 0 Å². The van der Waals surface area contributed by atoms with Gasteiger partial charge in [-0.15, -0.1) is 11.3 Å². The van der Waals surface area contributed by atoms with Gasteiger partial charge in [-0.25, -0.2) is 0 Å². The number of carbonyl (C=O) groups excluding carboxylic acids is 1.